The predicted molar refractivity (Wildman–Crippen MR) is 97.2 cm³/mol. The summed E-state index contributed by atoms with van der Waals surface area (Å²) in [5.41, 5.74) is 0.911. The normalized spacial score (nSPS) is 16.2. The second-order valence-electron chi connectivity index (χ2n) is 5.78. The summed E-state index contributed by atoms with van der Waals surface area (Å²) in [6.45, 7) is 0. The molecule has 1 aliphatic rings. The summed E-state index contributed by atoms with van der Waals surface area (Å²) in [4.78, 5) is 37.6. The van der Waals surface area contributed by atoms with Gasteiger partial charge in [-0.15, -0.1) is 0 Å². The van der Waals surface area contributed by atoms with E-state index in [1.807, 2.05) is 0 Å². The van der Waals surface area contributed by atoms with E-state index in [0.717, 1.165) is 0 Å². The van der Waals surface area contributed by atoms with Crippen LogP contribution < -0.4 is 15.4 Å². The van der Waals surface area contributed by atoms with E-state index in [1.54, 1.807) is 54.6 Å². The molecular weight excluding hydrogens is 348 g/mol. The summed E-state index contributed by atoms with van der Waals surface area (Å²) < 4.78 is 9.99. The third-order valence-electron chi connectivity index (χ3n) is 4.17. The fourth-order valence-electron chi connectivity index (χ4n) is 2.89. The largest absolute Gasteiger partial charge is 0.497 e. The molecule has 2 aromatic carbocycles. The van der Waals surface area contributed by atoms with Crippen molar-refractivity contribution in [3.8, 4) is 5.75 Å². The number of carbonyl (C=O) groups is 3. The molecule has 0 bridgehead atoms. The molecule has 0 spiro atoms. The van der Waals surface area contributed by atoms with Crippen LogP contribution in [0.3, 0.4) is 0 Å². The Morgan fingerprint density at radius 1 is 1.00 bits per heavy atom. The van der Waals surface area contributed by atoms with Gasteiger partial charge in [0.1, 0.15) is 11.4 Å². The number of carbonyl (C=O) groups excluding carboxylic acids is 3. The van der Waals surface area contributed by atoms with Crippen molar-refractivity contribution >= 4 is 17.8 Å². The van der Waals surface area contributed by atoms with Crippen LogP contribution in [-0.4, -0.2) is 32.0 Å². The van der Waals surface area contributed by atoms with Crippen molar-refractivity contribution < 1.29 is 23.9 Å². The lowest BCUT2D eigenvalue weighted by molar-refractivity contribution is -0.136. The number of hydrogen-bond acceptors (Lipinski definition) is 5. The Bertz CT molecular complexity index is 921. The Hall–Kier alpha value is -3.61. The standard InChI is InChI=1S/C20H18N2O5/c1-26-14-10-6-9-13(11-14)16-15(18(23)12-7-4-3-5-8-12)17(19(24)27-2)22-20(25)21-16/h3-11,16H,1-2H3,(H2,21,22,25). The number of methoxy groups -OCH3 is 2. The van der Waals surface area contributed by atoms with Gasteiger partial charge in [0.25, 0.3) is 0 Å². The second kappa shape index (κ2) is 7.74. The van der Waals surface area contributed by atoms with Gasteiger partial charge in [0, 0.05) is 5.56 Å². The first-order chi connectivity index (χ1) is 13.0. The van der Waals surface area contributed by atoms with Gasteiger partial charge in [-0.1, -0.05) is 42.5 Å². The number of ether oxygens (including phenoxy) is 2. The molecule has 1 aliphatic heterocycles. The van der Waals surface area contributed by atoms with Crippen molar-refractivity contribution in [3.05, 3.63) is 77.0 Å². The van der Waals surface area contributed by atoms with E-state index >= 15 is 0 Å². The van der Waals surface area contributed by atoms with Crippen LogP contribution in [0.5, 0.6) is 5.75 Å². The lowest BCUT2D eigenvalue weighted by Gasteiger charge is -2.29. The average molecular weight is 366 g/mol. The minimum Gasteiger partial charge on any atom is -0.497 e. The van der Waals surface area contributed by atoms with Crippen molar-refractivity contribution in [1.82, 2.24) is 10.6 Å². The molecule has 7 nitrogen and oxygen atoms in total. The summed E-state index contributed by atoms with van der Waals surface area (Å²) >= 11 is 0. The zero-order chi connectivity index (χ0) is 19.4. The highest BCUT2D eigenvalue weighted by molar-refractivity contribution is 6.15. The highest BCUT2D eigenvalue weighted by Gasteiger charge is 2.36. The van der Waals surface area contributed by atoms with E-state index in [-0.39, 0.29) is 11.3 Å². The van der Waals surface area contributed by atoms with Crippen molar-refractivity contribution in [3.63, 3.8) is 0 Å². The van der Waals surface area contributed by atoms with E-state index in [9.17, 15) is 14.4 Å². The van der Waals surface area contributed by atoms with E-state index in [2.05, 4.69) is 10.6 Å². The quantitative estimate of drug-likeness (QED) is 0.626. The van der Waals surface area contributed by atoms with Crippen LogP contribution in [0.4, 0.5) is 4.79 Å². The zero-order valence-electron chi connectivity index (χ0n) is 14.8. The van der Waals surface area contributed by atoms with Crippen LogP contribution in [0.15, 0.2) is 65.9 Å². The first-order valence-electron chi connectivity index (χ1n) is 8.19. The Kier molecular flexibility index (Phi) is 5.21. The fourth-order valence-corrected chi connectivity index (χ4v) is 2.89. The summed E-state index contributed by atoms with van der Waals surface area (Å²) in [6, 6.07) is 14.0. The number of amides is 2. The number of Topliss-reactive ketones (excluding diaryl/α,β-unsaturated/α-hetero) is 1. The molecule has 1 heterocycles. The maximum Gasteiger partial charge on any atom is 0.355 e. The Labute approximate surface area is 156 Å². The molecule has 1 atom stereocenters. The number of ketones is 1. The van der Waals surface area contributed by atoms with Gasteiger partial charge < -0.3 is 20.1 Å². The van der Waals surface area contributed by atoms with Crippen LogP contribution in [0, 0.1) is 0 Å². The van der Waals surface area contributed by atoms with E-state index in [4.69, 9.17) is 9.47 Å². The van der Waals surface area contributed by atoms with Crippen molar-refractivity contribution in [1.29, 1.82) is 0 Å². The number of urea groups is 1. The maximum absolute atomic E-state index is 13.2. The van der Waals surface area contributed by atoms with E-state index < -0.39 is 23.8 Å². The Morgan fingerprint density at radius 3 is 2.41 bits per heavy atom. The van der Waals surface area contributed by atoms with Gasteiger partial charge in [-0.25, -0.2) is 9.59 Å². The summed E-state index contributed by atoms with van der Waals surface area (Å²) in [5, 5.41) is 5.10. The van der Waals surface area contributed by atoms with Gasteiger partial charge in [0.2, 0.25) is 0 Å². The molecule has 7 heteroatoms. The van der Waals surface area contributed by atoms with Crippen molar-refractivity contribution in [2.75, 3.05) is 14.2 Å². The molecule has 0 saturated heterocycles. The lowest BCUT2D eigenvalue weighted by Crippen LogP contribution is -2.47. The summed E-state index contributed by atoms with van der Waals surface area (Å²) in [7, 11) is 2.71. The molecule has 3 rings (SSSR count). The van der Waals surface area contributed by atoms with E-state index in [0.29, 0.717) is 16.9 Å². The molecule has 138 valence electrons. The van der Waals surface area contributed by atoms with Crippen LogP contribution in [0.25, 0.3) is 0 Å². The molecule has 2 N–H and O–H groups in total. The Balaban J connectivity index is 2.18. The third kappa shape index (κ3) is 3.67. The third-order valence-corrected chi connectivity index (χ3v) is 4.17. The lowest BCUT2D eigenvalue weighted by atomic mass is 9.89. The van der Waals surface area contributed by atoms with Gasteiger partial charge in [-0.2, -0.15) is 0 Å². The van der Waals surface area contributed by atoms with Crippen LogP contribution in [0.1, 0.15) is 22.0 Å². The van der Waals surface area contributed by atoms with Gasteiger partial charge in [-0.05, 0) is 17.7 Å². The molecular formula is C20H18N2O5. The number of hydrogen-bond donors (Lipinski definition) is 2. The number of nitrogens with one attached hydrogen (secondary N) is 2. The predicted octanol–water partition coefficient (Wildman–Crippen LogP) is 2.36. The fraction of sp³-hybridized carbons (Fsp3) is 0.150. The maximum atomic E-state index is 13.2. The molecule has 0 aromatic heterocycles. The molecule has 0 fully saturated rings. The van der Waals surface area contributed by atoms with Gasteiger partial charge in [-0.3, -0.25) is 4.79 Å². The zero-order valence-corrected chi connectivity index (χ0v) is 14.8. The molecule has 0 aliphatic carbocycles. The minimum absolute atomic E-state index is 0.0981. The van der Waals surface area contributed by atoms with Crippen LogP contribution >= 0.6 is 0 Å². The number of rotatable bonds is 5. The summed E-state index contributed by atoms with van der Waals surface area (Å²) in [5.74, 6) is -0.625. The molecule has 2 aromatic rings. The minimum atomic E-state index is -0.837. The second-order valence-corrected chi connectivity index (χ2v) is 5.78. The SMILES string of the molecule is COC(=O)C1=C(C(=O)c2ccccc2)C(c2cccc(OC)c2)NC(=O)N1. The molecule has 1 unspecified atom stereocenters. The highest BCUT2D eigenvalue weighted by Crippen LogP contribution is 2.31. The highest BCUT2D eigenvalue weighted by atomic mass is 16.5. The molecule has 27 heavy (non-hydrogen) atoms. The number of benzene rings is 2. The smallest absolute Gasteiger partial charge is 0.355 e. The Morgan fingerprint density at radius 2 is 1.74 bits per heavy atom. The van der Waals surface area contributed by atoms with Gasteiger partial charge in [0.05, 0.1) is 25.8 Å². The van der Waals surface area contributed by atoms with Gasteiger partial charge >= 0.3 is 12.0 Å². The summed E-state index contributed by atoms with van der Waals surface area (Å²) in [6.07, 6.45) is 0. The monoisotopic (exact) mass is 366 g/mol. The van der Waals surface area contributed by atoms with Crippen molar-refractivity contribution in [2.45, 2.75) is 6.04 Å². The molecule has 2 amide bonds. The van der Waals surface area contributed by atoms with Crippen LogP contribution in [0.2, 0.25) is 0 Å². The first kappa shape index (κ1) is 18.2. The van der Waals surface area contributed by atoms with Gasteiger partial charge in [0.15, 0.2) is 5.78 Å². The first-order valence-corrected chi connectivity index (χ1v) is 8.19. The average Bonchev–Trinajstić information content (AvgIpc) is 2.72. The molecule has 0 radical (unpaired) electrons. The van der Waals surface area contributed by atoms with Crippen LogP contribution in [-0.2, 0) is 9.53 Å². The van der Waals surface area contributed by atoms with Crippen molar-refractivity contribution in [2.24, 2.45) is 0 Å². The topological polar surface area (TPSA) is 93.7 Å². The molecule has 0 saturated carbocycles. The number of esters is 1. The van der Waals surface area contributed by atoms with E-state index in [1.165, 1.54) is 14.2 Å².